The molecule has 0 unspecified atom stereocenters. The van der Waals surface area contributed by atoms with Gasteiger partial charge in [-0.25, -0.2) is 9.48 Å². The summed E-state index contributed by atoms with van der Waals surface area (Å²) in [5, 5.41) is 47.7. The van der Waals surface area contributed by atoms with E-state index in [2.05, 4.69) is 44.1 Å². The molecular weight excluding hydrogens is 670 g/mol. The van der Waals surface area contributed by atoms with Crippen molar-refractivity contribution in [1.29, 1.82) is 0 Å². The van der Waals surface area contributed by atoms with Crippen molar-refractivity contribution >= 4 is 33.7 Å². The first kappa shape index (κ1) is 35.8. The molecule has 12 nitrogen and oxygen atoms in total. The van der Waals surface area contributed by atoms with Crippen molar-refractivity contribution in [3.63, 3.8) is 0 Å². The van der Waals surface area contributed by atoms with Crippen LogP contribution < -0.4 is 21.1 Å². The van der Waals surface area contributed by atoms with Gasteiger partial charge in [0.15, 0.2) is 0 Å². The van der Waals surface area contributed by atoms with E-state index in [1.54, 1.807) is 17.0 Å². The molecule has 4 aromatic carbocycles. The van der Waals surface area contributed by atoms with Crippen LogP contribution >= 0.6 is 0 Å². The van der Waals surface area contributed by atoms with Crippen molar-refractivity contribution in [2.75, 3.05) is 18.5 Å². The summed E-state index contributed by atoms with van der Waals surface area (Å²) in [4.78, 5) is 28.8. The number of aryl methyl sites for hydroxylation is 2. The number of aromatic hydroxyl groups is 1. The first-order valence-electron chi connectivity index (χ1n) is 18.2. The number of aromatic nitrogens is 4. The second kappa shape index (κ2) is 16.0. The zero-order valence-corrected chi connectivity index (χ0v) is 29.7. The number of nitrogens with zero attached hydrogens (tertiary/aromatic N) is 4. The van der Waals surface area contributed by atoms with Crippen molar-refractivity contribution < 1.29 is 20.1 Å². The summed E-state index contributed by atoms with van der Waals surface area (Å²) < 4.78 is 1.90. The Labute approximate surface area is 307 Å². The van der Waals surface area contributed by atoms with Crippen LogP contribution in [0.15, 0.2) is 95.8 Å². The highest BCUT2D eigenvalue weighted by Gasteiger charge is 2.31. The minimum atomic E-state index is -0.920. The fourth-order valence-electron chi connectivity index (χ4n) is 7.61. The molecule has 53 heavy (non-hydrogen) atoms. The molecule has 274 valence electrons. The van der Waals surface area contributed by atoms with Gasteiger partial charge in [-0.05, 0) is 98.2 Å². The Bertz CT molecular complexity index is 2260. The van der Waals surface area contributed by atoms with Crippen LogP contribution in [0.3, 0.4) is 0 Å². The summed E-state index contributed by atoms with van der Waals surface area (Å²) in [6.07, 6.45) is 3.29. The molecule has 1 aliphatic carbocycles. The van der Waals surface area contributed by atoms with Crippen LogP contribution in [0, 0.1) is 0 Å². The molecule has 0 aliphatic heterocycles. The highest BCUT2D eigenvalue weighted by molar-refractivity contribution is 5.94. The number of pyridine rings is 1. The number of carboxylic acid groups (broad SMARTS) is 1. The second-order valence-corrected chi connectivity index (χ2v) is 13.8. The summed E-state index contributed by atoms with van der Waals surface area (Å²) >= 11 is 0. The number of anilines is 1. The maximum Gasteiger partial charge on any atom is 0.412 e. The van der Waals surface area contributed by atoms with Gasteiger partial charge in [-0.2, -0.15) is 0 Å². The van der Waals surface area contributed by atoms with Gasteiger partial charge in [-0.3, -0.25) is 9.69 Å². The lowest BCUT2D eigenvalue weighted by molar-refractivity contribution is 0.176. The summed E-state index contributed by atoms with van der Waals surface area (Å²) in [5.74, 6) is -0.0464. The van der Waals surface area contributed by atoms with Gasteiger partial charge in [-0.15, -0.1) is 5.10 Å². The van der Waals surface area contributed by atoms with E-state index >= 15 is 0 Å². The number of rotatable bonds is 13. The fourth-order valence-corrected chi connectivity index (χ4v) is 7.61. The highest BCUT2D eigenvalue weighted by atomic mass is 16.4. The van der Waals surface area contributed by atoms with Crippen LogP contribution in [0.4, 0.5) is 10.5 Å². The molecule has 6 aromatic rings. The van der Waals surface area contributed by atoms with Gasteiger partial charge in [0.05, 0.1) is 22.8 Å². The van der Waals surface area contributed by atoms with Gasteiger partial charge in [0.25, 0.3) is 0 Å². The monoisotopic (exact) mass is 715 g/mol. The molecular formula is C41H45N7O5. The third kappa shape index (κ3) is 7.95. The number of phenolic OH excluding ortho intramolecular Hbond substituents is 1. The predicted octanol–water partition coefficient (Wildman–Crippen LogP) is 6.12. The molecule has 0 radical (unpaired) electrons. The van der Waals surface area contributed by atoms with Crippen LogP contribution in [-0.4, -0.2) is 67.1 Å². The molecule has 2 aromatic heterocycles. The lowest BCUT2D eigenvalue weighted by atomic mass is 9.89. The normalized spacial score (nSPS) is 16.6. The van der Waals surface area contributed by atoms with Crippen LogP contribution in [0.5, 0.6) is 5.75 Å². The molecule has 0 spiro atoms. The smallest absolute Gasteiger partial charge is 0.412 e. The van der Waals surface area contributed by atoms with Crippen molar-refractivity contribution in [2.45, 2.75) is 69.8 Å². The van der Waals surface area contributed by atoms with Crippen molar-refractivity contribution in [3.05, 3.63) is 118 Å². The Balaban J connectivity index is 1.00. The Hall–Kier alpha value is -5.56. The number of phenols is 1. The molecule has 1 fully saturated rings. The maximum absolute atomic E-state index is 12.8. The highest BCUT2D eigenvalue weighted by Crippen LogP contribution is 2.37. The molecule has 0 saturated heterocycles. The first-order valence-corrected chi connectivity index (χ1v) is 18.2. The quantitative estimate of drug-likeness (QED) is 0.0826. The van der Waals surface area contributed by atoms with E-state index in [4.69, 9.17) is 0 Å². The van der Waals surface area contributed by atoms with Gasteiger partial charge in [0.1, 0.15) is 11.3 Å². The minimum Gasteiger partial charge on any atom is -0.506 e. The third-order valence-electron chi connectivity index (χ3n) is 10.4. The van der Waals surface area contributed by atoms with Gasteiger partial charge >= 0.3 is 6.09 Å². The second-order valence-electron chi connectivity index (χ2n) is 13.8. The average molecular weight is 716 g/mol. The maximum atomic E-state index is 12.8. The number of fused-ring (bicyclic) bond motifs is 2. The molecule has 0 bridgehead atoms. The van der Waals surface area contributed by atoms with Crippen molar-refractivity contribution in [1.82, 2.24) is 30.6 Å². The van der Waals surface area contributed by atoms with E-state index in [1.807, 2.05) is 60.3 Å². The summed E-state index contributed by atoms with van der Waals surface area (Å²) in [6, 6.07) is 28.7. The zero-order valence-electron chi connectivity index (χ0n) is 29.7. The number of hydrogen-bond acceptors (Lipinski definition) is 8. The van der Waals surface area contributed by atoms with Crippen molar-refractivity contribution in [2.24, 2.45) is 0 Å². The number of aromatic amines is 1. The van der Waals surface area contributed by atoms with Gasteiger partial charge in [-0.1, -0.05) is 59.8 Å². The standard InChI is InChI=1S/C41H45N7O5/c1-42-29-11-13-30(14-12-29)48(41(52)53)36-23-26(9-15-31(36)28-7-3-2-4-8-28)6-5-21-47-35-18-10-27(22-34(35)45-46-47)24-43-25-38(50)32-16-19-37(49)40-33(32)17-20-39(51)44-40/h2-4,7-10,15-20,22-23,29-30,38,42-43,49-50H,5-6,11-14,21,24-25H2,1H3,(H,44,51)(H,52,53)/t29?,30?,38-/m0/s1. The number of H-pyrrole nitrogens is 1. The van der Waals surface area contributed by atoms with E-state index in [0.29, 0.717) is 35.6 Å². The van der Waals surface area contributed by atoms with Crippen LogP contribution in [0.1, 0.15) is 54.9 Å². The van der Waals surface area contributed by atoms with E-state index in [1.165, 1.54) is 12.1 Å². The van der Waals surface area contributed by atoms with E-state index in [9.17, 15) is 24.9 Å². The number of hydrogen-bond donors (Lipinski definition) is 6. The van der Waals surface area contributed by atoms with E-state index < -0.39 is 12.2 Å². The number of amides is 1. The topological polar surface area (TPSA) is 169 Å². The van der Waals surface area contributed by atoms with Crippen molar-refractivity contribution in [3.8, 4) is 16.9 Å². The lowest BCUT2D eigenvalue weighted by Crippen LogP contribution is -2.44. The molecule has 1 atom stereocenters. The summed E-state index contributed by atoms with van der Waals surface area (Å²) in [5.41, 5.74) is 7.00. The van der Waals surface area contributed by atoms with Crippen LogP contribution in [-0.2, 0) is 19.5 Å². The predicted molar refractivity (Wildman–Crippen MR) is 206 cm³/mol. The van der Waals surface area contributed by atoms with Gasteiger partial charge in [0, 0.05) is 48.7 Å². The number of carbonyl (C=O) groups is 1. The molecule has 12 heteroatoms. The average Bonchev–Trinajstić information content (AvgIpc) is 3.58. The molecule has 2 heterocycles. The SMILES string of the molecule is CNC1CCC(N(C(=O)O)c2cc(CCCn3nnc4cc(CNC[C@H](O)c5ccc(O)c6[nH]c(=O)ccc56)ccc43)ccc2-c2ccccc2)CC1. The number of aliphatic hydroxyl groups is 1. The Morgan fingerprint density at radius 3 is 2.55 bits per heavy atom. The fraction of sp³-hybridized carbons (Fsp3) is 0.317. The first-order chi connectivity index (χ1) is 25.8. The number of benzene rings is 4. The van der Waals surface area contributed by atoms with E-state index in [-0.39, 0.29) is 23.9 Å². The number of nitrogens with one attached hydrogen (secondary N) is 3. The molecule has 7 rings (SSSR count). The Morgan fingerprint density at radius 1 is 0.981 bits per heavy atom. The largest absolute Gasteiger partial charge is 0.506 e. The minimum absolute atomic E-state index is 0.0464. The molecule has 1 amide bonds. The molecule has 6 N–H and O–H groups in total. The third-order valence-corrected chi connectivity index (χ3v) is 10.4. The van der Waals surface area contributed by atoms with Gasteiger partial charge in [0.2, 0.25) is 5.56 Å². The van der Waals surface area contributed by atoms with E-state index in [0.717, 1.165) is 77.5 Å². The van der Waals surface area contributed by atoms with Gasteiger partial charge < -0.3 is 30.9 Å². The van der Waals surface area contributed by atoms with Crippen LogP contribution in [0.2, 0.25) is 0 Å². The lowest BCUT2D eigenvalue weighted by Gasteiger charge is -2.36. The summed E-state index contributed by atoms with van der Waals surface area (Å²) in [6.45, 7) is 1.41. The Morgan fingerprint density at radius 2 is 1.77 bits per heavy atom. The Kier molecular flexibility index (Phi) is 10.8. The molecule has 1 saturated carbocycles. The number of aliphatic hydroxyl groups excluding tert-OH is 1. The summed E-state index contributed by atoms with van der Waals surface area (Å²) in [7, 11) is 1.97. The molecule has 1 aliphatic rings. The van der Waals surface area contributed by atoms with Crippen LogP contribution in [0.25, 0.3) is 33.1 Å². The zero-order chi connectivity index (χ0) is 36.9.